The van der Waals surface area contributed by atoms with Crippen molar-refractivity contribution in [2.24, 2.45) is 12.9 Å². The van der Waals surface area contributed by atoms with Crippen molar-refractivity contribution >= 4 is 11.0 Å². The quantitative estimate of drug-likeness (QED) is 0.536. The Balaban J connectivity index is 2.06. The van der Waals surface area contributed by atoms with Gasteiger partial charge >= 0.3 is 0 Å². The minimum atomic E-state index is -0.265. The monoisotopic (exact) mass is 254 g/mol. The van der Waals surface area contributed by atoms with Crippen LogP contribution in [0.2, 0.25) is 0 Å². The van der Waals surface area contributed by atoms with Gasteiger partial charge in [0.2, 0.25) is 0 Å². The van der Waals surface area contributed by atoms with Crippen LogP contribution in [0.15, 0.2) is 42.7 Å². The number of aromatic nitrogens is 4. The van der Waals surface area contributed by atoms with Crippen molar-refractivity contribution < 1.29 is 0 Å². The van der Waals surface area contributed by atoms with Gasteiger partial charge in [-0.25, -0.2) is 10.4 Å². The van der Waals surface area contributed by atoms with Crippen LogP contribution in [0.1, 0.15) is 17.4 Å². The van der Waals surface area contributed by atoms with Crippen LogP contribution in [0, 0.1) is 0 Å². The Bertz CT molecular complexity index is 705. The Morgan fingerprint density at radius 2 is 1.95 bits per heavy atom. The maximum atomic E-state index is 5.62. The molecule has 6 heteroatoms. The predicted molar refractivity (Wildman–Crippen MR) is 71.9 cm³/mol. The van der Waals surface area contributed by atoms with Crippen molar-refractivity contribution in [3.63, 3.8) is 0 Å². The fourth-order valence-corrected chi connectivity index (χ4v) is 2.02. The summed E-state index contributed by atoms with van der Waals surface area (Å²) in [6.45, 7) is 0. The molecule has 0 bridgehead atoms. The summed E-state index contributed by atoms with van der Waals surface area (Å²) in [4.78, 5) is 8.97. The SMILES string of the molecule is Cn1ccc(C(NN)c2cnc3ccccc3n2)n1. The first-order chi connectivity index (χ1) is 9.28. The highest BCUT2D eigenvalue weighted by Gasteiger charge is 2.17. The molecule has 3 N–H and O–H groups in total. The maximum absolute atomic E-state index is 5.62. The normalized spacial score (nSPS) is 12.7. The van der Waals surface area contributed by atoms with Crippen molar-refractivity contribution in [1.82, 2.24) is 25.2 Å². The number of rotatable bonds is 3. The lowest BCUT2D eigenvalue weighted by molar-refractivity contribution is 0.590. The molecule has 1 unspecified atom stereocenters. The van der Waals surface area contributed by atoms with E-state index in [0.717, 1.165) is 22.4 Å². The van der Waals surface area contributed by atoms with Gasteiger partial charge in [0.1, 0.15) is 6.04 Å². The summed E-state index contributed by atoms with van der Waals surface area (Å²) in [6.07, 6.45) is 3.59. The molecule has 1 aromatic carbocycles. The minimum Gasteiger partial charge on any atom is -0.275 e. The number of hydrogen-bond donors (Lipinski definition) is 2. The lowest BCUT2D eigenvalue weighted by Crippen LogP contribution is -2.30. The van der Waals surface area contributed by atoms with Crippen molar-refractivity contribution in [3.05, 3.63) is 54.1 Å². The second kappa shape index (κ2) is 4.75. The van der Waals surface area contributed by atoms with Gasteiger partial charge in [-0.05, 0) is 18.2 Å². The summed E-state index contributed by atoms with van der Waals surface area (Å²) in [5.74, 6) is 5.62. The van der Waals surface area contributed by atoms with Crippen LogP contribution in [-0.2, 0) is 7.05 Å². The van der Waals surface area contributed by atoms with E-state index >= 15 is 0 Å². The molecular formula is C13H14N6. The van der Waals surface area contributed by atoms with Gasteiger partial charge in [0.05, 0.1) is 28.6 Å². The molecule has 3 aromatic rings. The smallest absolute Gasteiger partial charge is 0.109 e. The Kier molecular flexibility index (Phi) is 2.94. The highest BCUT2D eigenvalue weighted by Crippen LogP contribution is 2.19. The summed E-state index contributed by atoms with van der Waals surface area (Å²) >= 11 is 0. The van der Waals surface area contributed by atoms with Gasteiger partial charge in [-0.2, -0.15) is 5.10 Å². The van der Waals surface area contributed by atoms with Crippen molar-refractivity contribution in [1.29, 1.82) is 0 Å². The van der Waals surface area contributed by atoms with E-state index in [1.54, 1.807) is 10.9 Å². The molecule has 0 aliphatic rings. The number of hydrogen-bond acceptors (Lipinski definition) is 5. The predicted octanol–water partition coefficient (Wildman–Crippen LogP) is 0.916. The highest BCUT2D eigenvalue weighted by molar-refractivity contribution is 5.73. The molecule has 0 amide bonds. The van der Waals surface area contributed by atoms with Crippen molar-refractivity contribution in [2.45, 2.75) is 6.04 Å². The van der Waals surface area contributed by atoms with Gasteiger partial charge in [-0.1, -0.05) is 12.1 Å². The van der Waals surface area contributed by atoms with E-state index in [0.29, 0.717) is 0 Å². The van der Waals surface area contributed by atoms with Gasteiger partial charge in [-0.15, -0.1) is 0 Å². The molecule has 2 heterocycles. The fourth-order valence-electron chi connectivity index (χ4n) is 2.02. The third kappa shape index (κ3) is 2.18. The summed E-state index contributed by atoms with van der Waals surface area (Å²) in [7, 11) is 1.86. The number of benzene rings is 1. The number of hydrazine groups is 1. The Hall–Kier alpha value is -2.31. The summed E-state index contributed by atoms with van der Waals surface area (Å²) in [6, 6.07) is 9.37. The summed E-state index contributed by atoms with van der Waals surface area (Å²) in [5.41, 5.74) is 6.01. The number of nitrogens with zero attached hydrogens (tertiary/aromatic N) is 4. The summed E-state index contributed by atoms with van der Waals surface area (Å²) < 4.78 is 1.73. The van der Waals surface area contributed by atoms with E-state index < -0.39 is 0 Å². The lowest BCUT2D eigenvalue weighted by Gasteiger charge is -2.13. The highest BCUT2D eigenvalue weighted by atomic mass is 15.3. The van der Waals surface area contributed by atoms with Gasteiger partial charge in [-0.3, -0.25) is 15.5 Å². The molecule has 0 radical (unpaired) electrons. The number of fused-ring (bicyclic) bond motifs is 1. The second-order valence-corrected chi connectivity index (χ2v) is 4.30. The molecule has 0 aliphatic heterocycles. The Morgan fingerprint density at radius 3 is 2.63 bits per heavy atom. The molecule has 0 spiro atoms. The molecule has 0 fully saturated rings. The third-order valence-electron chi connectivity index (χ3n) is 2.96. The van der Waals surface area contributed by atoms with Gasteiger partial charge in [0, 0.05) is 13.2 Å². The first kappa shape index (κ1) is 11.8. The van der Waals surface area contributed by atoms with Crippen LogP contribution in [0.4, 0.5) is 0 Å². The van der Waals surface area contributed by atoms with Gasteiger partial charge in [0.25, 0.3) is 0 Å². The largest absolute Gasteiger partial charge is 0.275 e. The molecule has 0 saturated carbocycles. The minimum absolute atomic E-state index is 0.265. The van der Waals surface area contributed by atoms with Crippen LogP contribution in [0.3, 0.4) is 0 Å². The number of para-hydroxylation sites is 2. The first-order valence-corrected chi connectivity index (χ1v) is 5.95. The van der Waals surface area contributed by atoms with Crippen LogP contribution in [0.25, 0.3) is 11.0 Å². The number of nitrogens with two attached hydrogens (primary N) is 1. The molecule has 0 saturated heterocycles. The molecule has 19 heavy (non-hydrogen) atoms. The standard InChI is InChI=1S/C13H14N6/c1-19-7-6-11(18-19)13(17-14)12-8-15-9-4-2-3-5-10(9)16-12/h2-8,13,17H,14H2,1H3. The molecule has 0 aliphatic carbocycles. The Labute approximate surface area is 110 Å². The zero-order chi connectivity index (χ0) is 13.2. The van der Waals surface area contributed by atoms with E-state index in [4.69, 9.17) is 5.84 Å². The maximum Gasteiger partial charge on any atom is 0.109 e. The third-order valence-corrected chi connectivity index (χ3v) is 2.96. The van der Waals surface area contributed by atoms with E-state index in [-0.39, 0.29) is 6.04 Å². The molecule has 1 atom stereocenters. The number of nitrogens with one attached hydrogen (secondary N) is 1. The Morgan fingerprint density at radius 1 is 1.16 bits per heavy atom. The zero-order valence-electron chi connectivity index (χ0n) is 10.5. The average molecular weight is 254 g/mol. The van der Waals surface area contributed by atoms with Crippen molar-refractivity contribution in [3.8, 4) is 0 Å². The fraction of sp³-hybridized carbons (Fsp3) is 0.154. The van der Waals surface area contributed by atoms with Crippen LogP contribution in [-0.4, -0.2) is 19.7 Å². The zero-order valence-corrected chi connectivity index (χ0v) is 10.5. The molecular weight excluding hydrogens is 240 g/mol. The molecule has 3 rings (SSSR count). The molecule has 2 aromatic heterocycles. The van der Waals surface area contributed by atoms with E-state index in [1.807, 2.05) is 43.6 Å². The average Bonchev–Trinajstić information content (AvgIpc) is 2.86. The topological polar surface area (TPSA) is 81.7 Å². The summed E-state index contributed by atoms with van der Waals surface area (Å²) in [5, 5.41) is 4.34. The van der Waals surface area contributed by atoms with Crippen LogP contribution < -0.4 is 11.3 Å². The van der Waals surface area contributed by atoms with Crippen LogP contribution in [0.5, 0.6) is 0 Å². The molecule has 6 nitrogen and oxygen atoms in total. The van der Waals surface area contributed by atoms with Crippen molar-refractivity contribution in [2.75, 3.05) is 0 Å². The number of aryl methyl sites for hydroxylation is 1. The van der Waals surface area contributed by atoms with E-state index in [2.05, 4.69) is 20.5 Å². The van der Waals surface area contributed by atoms with E-state index in [9.17, 15) is 0 Å². The first-order valence-electron chi connectivity index (χ1n) is 5.95. The van der Waals surface area contributed by atoms with Crippen LogP contribution >= 0.6 is 0 Å². The van der Waals surface area contributed by atoms with Gasteiger partial charge in [0.15, 0.2) is 0 Å². The molecule has 96 valence electrons. The lowest BCUT2D eigenvalue weighted by atomic mass is 10.1. The van der Waals surface area contributed by atoms with Gasteiger partial charge < -0.3 is 0 Å². The second-order valence-electron chi connectivity index (χ2n) is 4.30. The van der Waals surface area contributed by atoms with E-state index in [1.165, 1.54) is 0 Å².